The second-order valence-corrected chi connectivity index (χ2v) is 4.70. The van der Waals surface area contributed by atoms with Crippen molar-refractivity contribution >= 4 is 16.9 Å². The summed E-state index contributed by atoms with van der Waals surface area (Å²) in [6.45, 7) is 4.38. The number of carbonyl (C=O) groups is 1. The fourth-order valence-corrected chi connectivity index (χ4v) is 2.68. The van der Waals surface area contributed by atoms with Crippen LogP contribution in [0.25, 0.3) is 10.9 Å². The van der Waals surface area contributed by atoms with Crippen LogP contribution in [0.4, 0.5) is 0 Å². The summed E-state index contributed by atoms with van der Waals surface area (Å²) in [5.74, 6) is -0.875. The highest BCUT2D eigenvalue weighted by molar-refractivity contribution is 5.99. The standard InChI is InChI=1S/C14H18N2O2/c1-8-6-11(14(17)18)9(2)12-10(4-5-15)7-16(3)13(8)12/h6-7H,4-5,15H2,1-3H3,(H,17,18). The van der Waals surface area contributed by atoms with Crippen LogP contribution in [0.1, 0.15) is 27.0 Å². The van der Waals surface area contributed by atoms with Crippen LogP contribution in [-0.2, 0) is 13.5 Å². The number of carboxylic acids is 1. The van der Waals surface area contributed by atoms with Gasteiger partial charge in [-0.3, -0.25) is 0 Å². The van der Waals surface area contributed by atoms with Crippen LogP contribution in [0.15, 0.2) is 12.3 Å². The van der Waals surface area contributed by atoms with Crippen molar-refractivity contribution in [1.82, 2.24) is 4.57 Å². The van der Waals surface area contributed by atoms with Gasteiger partial charge in [-0.05, 0) is 49.6 Å². The van der Waals surface area contributed by atoms with E-state index in [1.807, 2.05) is 31.7 Å². The van der Waals surface area contributed by atoms with Crippen molar-refractivity contribution in [2.24, 2.45) is 12.8 Å². The molecule has 0 aliphatic rings. The molecule has 0 aliphatic carbocycles. The second-order valence-electron chi connectivity index (χ2n) is 4.70. The fourth-order valence-electron chi connectivity index (χ4n) is 2.68. The third kappa shape index (κ3) is 1.78. The molecule has 1 aromatic heterocycles. The number of fused-ring (bicyclic) bond motifs is 1. The molecule has 0 amide bonds. The van der Waals surface area contributed by atoms with E-state index in [2.05, 4.69) is 0 Å². The molecule has 0 spiro atoms. The Morgan fingerprint density at radius 1 is 1.44 bits per heavy atom. The lowest BCUT2D eigenvalue weighted by atomic mass is 9.97. The van der Waals surface area contributed by atoms with Gasteiger partial charge in [-0.1, -0.05) is 0 Å². The molecular formula is C14H18N2O2. The van der Waals surface area contributed by atoms with Gasteiger partial charge in [-0.2, -0.15) is 0 Å². The van der Waals surface area contributed by atoms with Crippen molar-refractivity contribution in [2.75, 3.05) is 6.54 Å². The smallest absolute Gasteiger partial charge is 0.335 e. The van der Waals surface area contributed by atoms with E-state index < -0.39 is 5.97 Å². The normalized spacial score (nSPS) is 11.1. The van der Waals surface area contributed by atoms with Gasteiger partial charge in [0, 0.05) is 18.6 Å². The molecule has 0 fully saturated rings. The highest BCUT2D eigenvalue weighted by atomic mass is 16.4. The maximum absolute atomic E-state index is 11.3. The van der Waals surface area contributed by atoms with E-state index in [1.54, 1.807) is 6.07 Å². The Morgan fingerprint density at radius 3 is 2.67 bits per heavy atom. The van der Waals surface area contributed by atoms with Gasteiger partial charge in [0.25, 0.3) is 0 Å². The zero-order chi connectivity index (χ0) is 13.4. The molecule has 2 rings (SSSR count). The van der Waals surface area contributed by atoms with E-state index in [0.29, 0.717) is 12.1 Å². The van der Waals surface area contributed by atoms with Crippen LogP contribution in [0, 0.1) is 13.8 Å². The van der Waals surface area contributed by atoms with Gasteiger partial charge in [0.1, 0.15) is 0 Å². The van der Waals surface area contributed by atoms with E-state index in [4.69, 9.17) is 5.73 Å². The van der Waals surface area contributed by atoms with E-state index in [1.165, 1.54) is 0 Å². The fraction of sp³-hybridized carbons (Fsp3) is 0.357. The maximum Gasteiger partial charge on any atom is 0.335 e. The summed E-state index contributed by atoms with van der Waals surface area (Å²) in [6.07, 6.45) is 2.81. The zero-order valence-corrected chi connectivity index (χ0v) is 10.9. The van der Waals surface area contributed by atoms with Gasteiger partial charge in [0.15, 0.2) is 0 Å². The van der Waals surface area contributed by atoms with Crippen molar-refractivity contribution in [1.29, 1.82) is 0 Å². The first-order valence-corrected chi connectivity index (χ1v) is 5.98. The number of aromatic nitrogens is 1. The van der Waals surface area contributed by atoms with E-state index in [-0.39, 0.29) is 0 Å². The number of aryl methyl sites for hydroxylation is 3. The first kappa shape index (κ1) is 12.6. The molecule has 96 valence electrons. The Hall–Kier alpha value is -1.81. The molecule has 0 saturated carbocycles. The number of aromatic carboxylic acids is 1. The highest BCUT2D eigenvalue weighted by Crippen LogP contribution is 2.30. The molecule has 0 bridgehead atoms. The molecule has 4 nitrogen and oxygen atoms in total. The van der Waals surface area contributed by atoms with Crippen molar-refractivity contribution < 1.29 is 9.90 Å². The summed E-state index contributed by atoms with van der Waals surface area (Å²) in [6, 6.07) is 1.74. The predicted molar refractivity (Wildman–Crippen MR) is 72.1 cm³/mol. The van der Waals surface area contributed by atoms with Crippen LogP contribution in [0.3, 0.4) is 0 Å². The summed E-state index contributed by atoms with van der Waals surface area (Å²) in [5, 5.41) is 10.3. The summed E-state index contributed by atoms with van der Waals surface area (Å²) in [7, 11) is 1.98. The van der Waals surface area contributed by atoms with Crippen LogP contribution < -0.4 is 5.73 Å². The molecule has 0 atom stereocenters. The van der Waals surface area contributed by atoms with Crippen LogP contribution >= 0.6 is 0 Å². The predicted octanol–water partition coefficient (Wildman–Crippen LogP) is 1.99. The number of hydrogen-bond acceptors (Lipinski definition) is 2. The number of nitrogens with two attached hydrogens (primary N) is 1. The van der Waals surface area contributed by atoms with Gasteiger partial charge in [-0.15, -0.1) is 0 Å². The monoisotopic (exact) mass is 246 g/mol. The van der Waals surface area contributed by atoms with Crippen LogP contribution in [-0.4, -0.2) is 22.2 Å². The van der Waals surface area contributed by atoms with Crippen molar-refractivity contribution in [2.45, 2.75) is 20.3 Å². The lowest BCUT2D eigenvalue weighted by Crippen LogP contribution is -2.04. The molecule has 3 N–H and O–H groups in total. The van der Waals surface area contributed by atoms with Gasteiger partial charge in [0.2, 0.25) is 0 Å². The van der Waals surface area contributed by atoms with Crippen molar-refractivity contribution in [3.8, 4) is 0 Å². The number of carboxylic acid groups (broad SMARTS) is 1. The summed E-state index contributed by atoms with van der Waals surface area (Å²) >= 11 is 0. The molecular weight excluding hydrogens is 228 g/mol. The lowest BCUT2D eigenvalue weighted by Gasteiger charge is -2.09. The minimum absolute atomic E-state index is 0.379. The summed E-state index contributed by atoms with van der Waals surface area (Å²) in [5.41, 5.74) is 10.0. The summed E-state index contributed by atoms with van der Waals surface area (Å²) in [4.78, 5) is 11.3. The first-order chi connectivity index (χ1) is 8.47. The van der Waals surface area contributed by atoms with E-state index >= 15 is 0 Å². The Morgan fingerprint density at radius 2 is 2.11 bits per heavy atom. The number of nitrogens with zero attached hydrogens (tertiary/aromatic N) is 1. The third-order valence-corrected chi connectivity index (χ3v) is 3.42. The Kier molecular flexibility index (Phi) is 3.13. The van der Waals surface area contributed by atoms with Gasteiger partial charge in [-0.25, -0.2) is 4.79 Å². The Labute approximate surface area is 106 Å². The molecule has 0 unspecified atom stereocenters. The number of benzene rings is 1. The summed E-state index contributed by atoms with van der Waals surface area (Å²) < 4.78 is 2.05. The zero-order valence-electron chi connectivity index (χ0n) is 10.9. The van der Waals surface area contributed by atoms with Gasteiger partial charge in [0.05, 0.1) is 11.1 Å². The maximum atomic E-state index is 11.3. The number of rotatable bonds is 3. The van der Waals surface area contributed by atoms with Crippen molar-refractivity contribution in [3.05, 3.63) is 34.5 Å². The van der Waals surface area contributed by atoms with Crippen molar-refractivity contribution in [3.63, 3.8) is 0 Å². The van der Waals surface area contributed by atoms with E-state index in [0.717, 1.165) is 34.0 Å². The average Bonchev–Trinajstić information content (AvgIpc) is 2.61. The largest absolute Gasteiger partial charge is 0.478 e. The minimum Gasteiger partial charge on any atom is -0.478 e. The lowest BCUT2D eigenvalue weighted by molar-refractivity contribution is 0.0696. The molecule has 4 heteroatoms. The second kappa shape index (κ2) is 4.46. The minimum atomic E-state index is -0.875. The van der Waals surface area contributed by atoms with Gasteiger partial charge >= 0.3 is 5.97 Å². The molecule has 18 heavy (non-hydrogen) atoms. The molecule has 1 heterocycles. The van der Waals surface area contributed by atoms with E-state index in [9.17, 15) is 9.90 Å². The topological polar surface area (TPSA) is 68.2 Å². The molecule has 1 aromatic carbocycles. The van der Waals surface area contributed by atoms with Crippen LogP contribution in [0.5, 0.6) is 0 Å². The quantitative estimate of drug-likeness (QED) is 0.870. The molecule has 0 aliphatic heterocycles. The molecule has 0 saturated heterocycles. The third-order valence-electron chi connectivity index (χ3n) is 3.42. The first-order valence-electron chi connectivity index (χ1n) is 5.98. The Bertz CT molecular complexity index is 626. The average molecular weight is 246 g/mol. The molecule has 0 radical (unpaired) electrons. The van der Waals surface area contributed by atoms with Gasteiger partial charge < -0.3 is 15.4 Å². The highest BCUT2D eigenvalue weighted by Gasteiger charge is 2.17. The van der Waals surface area contributed by atoms with Crippen LogP contribution in [0.2, 0.25) is 0 Å². The number of hydrogen-bond donors (Lipinski definition) is 2. The Balaban J connectivity index is 2.87. The molecule has 2 aromatic rings. The SMILES string of the molecule is Cc1c(C(=O)O)cc(C)c2c1c(CCN)cn2C.